The molecular formula is C5H5Br2N3. The first-order chi connectivity index (χ1) is 4.61. The summed E-state index contributed by atoms with van der Waals surface area (Å²) in [7, 11) is 0. The smallest absolute Gasteiger partial charge is 0.159 e. The molecule has 0 aliphatic carbocycles. The van der Waals surface area contributed by atoms with E-state index in [1.807, 2.05) is 6.92 Å². The molecule has 0 atom stereocenters. The van der Waals surface area contributed by atoms with Gasteiger partial charge in [0.05, 0.1) is 0 Å². The number of hydrogen-bond acceptors (Lipinski definition) is 3. The first-order valence-electron chi connectivity index (χ1n) is 2.61. The van der Waals surface area contributed by atoms with Crippen LogP contribution in [0.15, 0.2) is 12.7 Å². The molecule has 10 heavy (non-hydrogen) atoms. The Morgan fingerprint density at radius 2 is 1.80 bits per heavy atom. The lowest BCUT2D eigenvalue weighted by Crippen LogP contribution is -2.07. The van der Waals surface area contributed by atoms with E-state index in [-0.39, 0.29) is 3.23 Å². The SMILES string of the molecule is CC(Br)(Br)c1ncncn1. The summed E-state index contributed by atoms with van der Waals surface area (Å²) in [5, 5.41) is 0. The van der Waals surface area contributed by atoms with E-state index in [2.05, 4.69) is 46.8 Å². The zero-order valence-corrected chi connectivity index (χ0v) is 8.42. The Morgan fingerprint density at radius 1 is 1.30 bits per heavy atom. The lowest BCUT2D eigenvalue weighted by atomic mass is 10.4. The third-order valence-corrected chi connectivity index (χ3v) is 1.60. The number of aromatic nitrogens is 3. The fraction of sp³-hybridized carbons (Fsp3) is 0.400. The zero-order chi connectivity index (χ0) is 7.61. The van der Waals surface area contributed by atoms with Gasteiger partial charge in [-0.1, -0.05) is 31.9 Å². The second kappa shape index (κ2) is 2.92. The lowest BCUT2D eigenvalue weighted by Gasteiger charge is -2.09. The van der Waals surface area contributed by atoms with Gasteiger partial charge in [0.15, 0.2) is 5.82 Å². The minimum atomic E-state index is -0.344. The van der Waals surface area contributed by atoms with Gasteiger partial charge in [0.25, 0.3) is 0 Å². The van der Waals surface area contributed by atoms with E-state index in [4.69, 9.17) is 0 Å². The minimum absolute atomic E-state index is 0.344. The highest BCUT2D eigenvalue weighted by Crippen LogP contribution is 2.33. The molecule has 0 radical (unpaired) electrons. The second-order valence-electron chi connectivity index (χ2n) is 1.85. The molecule has 54 valence electrons. The molecule has 0 aliphatic heterocycles. The average Bonchev–Trinajstić information content (AvgIpc) is 1.88. The maximum absolute atomic E-state index is 3.93. The van der Waals surface area contributed by atoms with E-state index in [1.165, 1.54) is 12.7 Å². The first kappa shape index (κ1) is 8.07. The van der Waals surface area contributed by atoms with Gasteiger partial charge in [-0.3, -0.25) is 0 Å². The van der Waals surface area contributed by atoms with Crippen molar-refractivity contribution in [2.75, 3.05) is 0 Å². The Morgan fingerprint density at radius 3 is 2.10 bits per heavy atom. The van der Waals surface area contributed by atoms with Crippen molar-refractivity contribution in [1.82, 2.24) is 15.0 Å². The van der Waals surface area contributed by atoms with Crippen molar-refractivity contribution in [1.29, 1.82) is 0 Å². The van der Waals surface area contributed by atoms with Crippen LogP contribution in [0.5, 0.6) is 0 Å². The van der Waals surface area contributed by atoms with Crippen LogP contribution in [0.4, 0.5) is 0 Å². The van der Waals surface area contributed by atoms with Crippen LogP contribution >= 0.6 is 31.9 Å². The van der Waals surface area contributed by atoms with Crippen molar-refractivity contribution in [3.8, 4) is 0 Å². The summed E-state index contributed by atoms with van der Waals surface area (Å²) in [5.41, 5.74) is 0. The molecule has 1 aromatic rings. The van der Waals surface area contributed by atoms with Gasteiger partial charge in [-0.2, -0.15) is 0 Å². The highest BCUT2D eigenvalue weighted by molar-refractivity contribution is 9.24. The monoisotopic (exact) mass is 265 g/mol. The summed E-state index contributed by atoms with van der Waals surface area (Å²) in [6, 6.07) is 0. The van der Waals surface area contributed by atoms with Crippen LogP contribution in [0.2, 0.25) is 0 Å². The van der Waals surface area contributed by atoms with Gasteiger partial charge in [-0.15, -0.1) is 0 Å². The van der Waals surface area contributed by atoms with Gasteiger partial charge in [0, 0.05) is 0 Å². The molecule has 5 heteroatoms. The lowest BCUT2D eigenvalue weighted by molar-refractivity contribution is 0.861. The number of nitrogens with zero attached hydrogens (tertiary/aromatic N) is 3. The van der Waals surface area contributed by atoms with Crippen LogP contribution in [-0.2, 0) is 3.23 Å². The predicted octanol–water partition coefficient (Wildman–Crippen LogP) is 1.83. The molecule has 0 aromatic carbocycles. The van der Waals surface area contributed by atoms with Crippen LogP contribution < -0.4 is 0 Å². The van der Waals surface area contributed by atoms with E-state index < -0.39 is 0 Å². The second-order valence-corrected chi connectivity index (χ2v) is 6.09. The molecule has 0 saturated heterocycles. The third-order valence-electron chi connectivity index (χ3n) is 0.886. The molecule has 1 rings (SSSR count). The molecule has 0 bridgehead atoms. The van der Waals surface area contributed by atoms with Crippen LogP contribution in [0, 0.1) is 0 Å². The van der Waals surface area contributed by atoms with Crippen molar-refractivity contribution in [2.45, 2.75) is 10.2 Å². The summed E-state index contributed by atoms with van der Waals surface area (Å²) < 4.78 is -0.344. The highest BCUT2D eigenvalue weighted by Gasteiger charge is 2.20. The van der Waals surface area contributed by atoms with Crippen molar-refractivity contribution in [2.24, 2.45) is 0 Å². The van der Waals surface area contributed by atoms with Gasteiger partial charge in [0.2, 0.25) is 0 Å². The largest absolute Gasteiger partial charge is 0.225 e. The molecule has 0 fully saturated rings. The molecule has 1 heterocycles. The average molecular weight is 267 g/mol. The van der Waals surface area contributed by atoms with E-state index in [0.29, 0.717) is 5.82 Å². The molecule has 0 spiro atoms. The maximum atomic E-state index is 3.93. The summed E-state index contributed by atoms with van der Waals surface area (Å²) >= 11 is 6.70. The summed E-state index contributed by atoms with van der Waals surface area (Å²) in [4.78, 5) is 11.6. The Bertz CT molecular complexity index is 206. The number of halogens is 2. The summed E-state index contributed by atoms with van der Waals surface area (Å²) in [5.74, 6) is 0.669. The molecule has 0 unspecified atom stereocenters. The van der Waals surface area contributed by atoms with E-state index in [9.17, 15) is 0 Å². The molecule has 3 nitrogen and oxygen atoms in total. The predicted molar refractivity (Wildman–Crippen MR) is 45.0 cm³/mol. The van der Waals surface area contributed by atoms with Crippen LogP contribution in [0.1, 0.15) is 12.7 Å². The molecule has 0 N–H and O–H groups in total. The standard InChI is InChI=1S/C5H5Br2N3/c1-5(6,7)4-9-2-8-3-10-4/h2-3H,1H3. The fourth-order valence-electron chi connectivity index (χ4n) is 0.466. The van der Waals surface area contributed by atoms with E-state index in [0.717, 1.165) is 0 Å². The van der Waals surface area contributed by atoms with Gasteiger partial charge >= 0.3 is 0 Å². The maximum Gasteiger partial charge on any atom is 0.159 e. The van der Waals surface area contributed by atoms with E-state index in [1.54, 1.807) is 0 Å². The van der Waals surface area contributed by atoms with Crippen LogP contribution in [0.3, 0.4) is 0 Å². The Labute approximate surface area is 75.6 Å². The fourth-order valence-corrected chi connectivity index (χ4v) is 0.875. The zero-order valence-electron chi connectivity index (χ0n) is 5.25. The van der Waals surface area contributed by atoms with Crippen molar-refractivity contribution in [3.05, 3.63) is 18.5 Å². The molecular weight excluding hydrogens is 262 g/mol. The topological polar surface area (TPSA) is 38.7 Å². The van der Waals surface area contributed by atoms with Gasteiger partial charge in [-0.25, -0.2) is 15.0 Å². The molecule has 0 aliphatic rings. The number of hydrogen-bond donors (Lipinski definition) is 0. The Hall–Kier alpha value is -0.0300. The van der Waals surface area contributed by atoms with Crippen molar-refractivity contribution >= 4 is 31.9 Å². The minimum Gasteiger partial charge on any atom is -0.225 e. The normalized spacial score (nSPS) is 11.5. The molecule has 0 saturated carbocycles. The van der Waals surface area contributed by atoms with Crippen LogP contribution in [0.25, 0.3) is 0 Å². The van der Waals surface area contributed by atoms with Crippen molar-refractivity contribution < 1.29 is 0 Å². The first-order valence-corrected chi connectivity index (χ1v) is 4.19. The van der Waals surface area contributed by atoms with Crippen molar-refractivity contribution in [3.63, 3.8) is 0 Å². The molecule has 1 aromatic heterocycles. The molecule has 0 amide bonds. The van der Waals surface area contributed by atoms with Gasteiger partial charge < -0.3 is 0 Å². The quantitative estimate of drug-likeness (QED) is 0.728. The third kappa shape index (κ3) is 1.98. The van der Waals surface area contributed by atoms with Gasteiger partial charge in [-0.05, 0) is 6.92 Å². The van der Waals surface area contributed by atoms with E-state index >= 15 is 0 Å². The van der Waals surface area contributed by atoms with Gasteiger partial charge in [0.1, 0.15) is 15.9 Å². The van der Waals surface area contributed by atoms with Crippen LogP contribution in [-0.4, -0.2) is 15.0 Å². The summed E-state index contributed by atoms with van der Waals surface area (Å²) in [6.45, 7) is 1.91. The number of rotatable bonds is 1. The Kier molecular flexibility index (Phi) is 2.36. The highest BCUT2D eigenvalue weighted by atomic mass is 79.9. The number of alkyl halides is 2. The Balaban J connectivity index is 2.97. The summed E-state index contributed by atoms with van der Waals surface area (Å²) in [6.07, 6.45) is 2.92.